The second-order valence-electron chi connectivity index (χ2n) is 5.10. The minimum absolute atomic E-state index is 0.154. The predicted molar refractivity (Wildman–Crippen MR) is 68.4 cm³/mol. The van der Waals surface area contributed by atoms with E-state index in [1.807, 2.05) is 15.9 Å². The van der Waals surface area contributed by atoms with Gasteiger partial charge in [-0.2, -0.15) is 0 Å². The van der Waals surface area contributed by atoms with Crippen LogP contribution in [0.4, 0.5) is 4.79 Å². The zero-order valence-electron chi connectivity index (χ0n) is 10.4. The maximum Gasteiger partial charge on any atom is 0.320 e. The van der Waals surface area contributed by atoms with Crippen LogP contribution in [0.25, 0.3) is 0 Å². The number of aromatic hydroxyl groups is 1. The third-order valence-electron chi connectivity index (χ3n) is 3.85. The van der Waals surface area contributed by atoms with Crippen LogP contribution in [0.5, 0.6) is 5.75 Å². The zero-order valence-corrected chi connectivity index (χ0v) is 10.4. The SMILES string of the molecule is O=C(N1CCCC1)N1CCc2ccc(O)cc2C1. The molecule has 4 nitrogen and oxygen atoms in total. The quantitative estimate of drug-likeness (QED) is 0.760. The number of nitrogens with zero attached hydrogens (tertiary/aromatic N) is 2. The van der Waals surface area contributed by atoms with E-state index in [-0.39, 0.29) is 11.8 Å². The first-order valence-electron chi connectivity index (χ1n) is 6.58. The Morgan fingerprint density at radius 3 is 2.61 bits per heavy atom. The molecule has 0 saturated carbocycles. The number of rotatable bonds is 0. The topological polar surface area (TPSA) is 43.8 Å². The van der Waals surface area contributed by atoms with Crippen molar-refractivity contribution in [3.05, 3.63) is 29.3 Å². The molecule has 96 valence electrons. The van der Waals surface area contributed by atoms with E-state index in [4.69, 9.17) is 0 Å². The lowest BCUT2D eigenvalue weighted by Gasteiger charge is -2.32. The van der Waals surface area contributed by atoms with Gasteiger partial charge in [0.1, 0.15) is 5.75 Å². The molecular weight excluding hydrogens is 228 g/mol. The van der Waals surface area contributed by atoms with Gasteiger partial charge in [0.25, 0.3) is 0 Å². The maximum atomic E-state index is 12.3. The highest BCUT2D eigenvalue weighted by atomic mass is 16.3. The molecule has 1 aromatic rings. The molecule has 18 heavy (non-hydrogen) atoms. The second-order valence-corrected chi connectivity index (χ2v) is 5.10. The number of likely N-dealkylation sites (tertiary alicyclic amines) is 1. The van der Waals surface area contributed by atoms with Crippen molar-refractivity contribution < 1.29 is 9.90 Å². The summed E-state index contributed by atoms with van der Waals surface area (Å²) in [5, 5.41) is 9.51. The highest BCUT2D eigenvalue weighted by molar-refractivity contribution is 5.75. The van der Waals surface area contributed by atoms with Gasteiger partial charge in [0.15, 0.2) is 0 Å². The average Bonchev–Trinajstić information content (AvgIpc) is 2.90. The number of urea groups is 1. The van der Waals surface area contributed by atoms with Gasteiger partial charge >= 0.3 is 6.03 Å². The summed E-state index contributed by atoms with van der Waals surface area (Å²) in [6, 6.07) is 5.61. The highest BCUT2D eigenvalue weighted by Gasteiger charge is 2.26. The van der Waals surface area contributed by atoms with E-state index in [2.05, 4.69) is 0 Å². The fourth-order valence-electron chi connectivity index (χ4n) is 2.82. The maximum absolute atomic E-state index is 12.3. The molecule has 2 heterocycles. The summed E-state index contributed by atoms with van der Waals surface area (Å²) in [6.07, 6.45) is 3.13. The molecule has 0 radical (unpaired) electrons. The second kappa shape index (κ2) is 4.52. The van der Waals surface area contributed by atoms with Crippen molar-refractivity contribution in [2.45, 2.75) is 25.8 Å². The van der Waals surface area contributed by atoms with Crippen LogP contribution >= 0.6 is 0 Å². The van der Waals surface area contributed by atoms with Crippen molar-refractivity contribution >= 4 is 6.03 Å². The Morgan fingerprint density at radius 1 is 1.06 bits per heavy atom. The molecule has 0 aliphatic carbocycles. The van der Waals surface area contributed by atoms with Crippen molar-refractivity contribution in [1.29, 1.82) is 0 Å². The van der Waals surface area contributed by atoms with Crippen LogP contribution in [0.1, 0.15) is 24.0 Å². The smallest absolute Gasteiger partial charge is 0.320 e. The Hall–Kier alpha value is -1.71. The molecule has 0 atom stereocenters. The van der Waals surface area contributed by atoms with Crippen LogP contribution in [-0.2, 0) is 13.0 Å². The Morgan fingerprint density at radius 2 is 1.83 bits per heavy atom. The first-order valence-corrected chi connectivity index (χ1v) is 6.58. The van der Waals surface area contributed by atoms with Crippen LogP contribution in [0.2, 0.25) is 0 Å². The molecule has 0 spiro atoms. The standard InChI is InChI=1S/C14H18N2O2/c17-13-4-3-11-5-8-16(10-12(11)9-13)14(18)15-6-1-2-7-15/h3-4,9,17H,1-2,5-8,10H2. The molecule has 1 fully saturated rings. The third-order valence-corrected chi connectivity index (χ3v) is 3.85. The third kappa shape index (κ3) is 2.03. The number of hydrogen-bond donors (Lipinski definition) is 1. The first-order chi connectivity index (χ1) is 8.74. The molecule has 0 unspecified atom stereocenters. The molecule has 0 aromatic heterocycles. The number of amides is 2. The number of carbonyl (C=O) groups is 1. The molecule has 3 rings (SSSR count). The monoisotopic (exact) mass is 246 g/mol. The number of phenolic OH excluding ortho intramolecular Hbond substituents is 1. The molecule has 4 heteroatoms. The van der Waals surface area contributed by atoms with Crippen LogP contribution in [0.15, 0.2) is 18.2 Å². The first kappa shape index (κ1) is 11.4. The largest absolute Gasteiger partial charge is 0.508 e. The van der Waals surface area contributed by atoms with Crippen LogP contribution in [-0.4, -0.2) is 40.6 Å². The summed E-state index contributed by atoms with van der Waals surface area (Å²) in [6.45, 7) is 3.19. The van der Waals surface area contributed by atoms with Gasteiger partial charge in [0, 0.05) is 26.2 Å². The van der Waals surface area contributed by atoms with Gasteiger partial charge in [0.05, 0.1) is 0 Å². The molecule has 2 amide bonds. The normalized spacial score (nSPS) is 18.9. The van der Waals surface area contributed by atoms with Crippen LogP contribution in [0, 0.1) is 0 Å². The number of carbonyl (C=O) groups excluding carboxylic acids is 1. The summed E-state index contributed by atoms with van der Waals surface area (Å²) in [5.74, 6) is 0.282. The predicted octanol–water partition coefficient (Wildman–Crippen LogP) is 1.97. The highest BCUT2D eigenvalue weighted by Crippen LogP contribution is 2.24. The molecule has 2 aliphatic rings. The van der Waals surface area contributed by atoms with E-state index < -0.39 is 0 Å². The summed E-state index contributed by atoms with van der Waals surface area (Å²) < 4.78 is 0. The van der Waals surface area contributed by atoms with Crippen molar-refractivity contribution in [2.75, 3.05) is 19.6 Å². The molecular formula is C14H18N2O2. The van der Waals surface area contributed by atoms with Crippen molar-refractivity contribution in [3.63, 3.8) is 0 Å². The molecule has 0 bridgehead atoms. The van der Waals surface area contributed by atoms with E-state index >= 15 is 0 Å². The lowest BCUT2D eigenvalue weighted by atomic mass is 10.00. The fraction of sp³-hybridized carbons (Fsp3) is 0.500. The lowest BCUT2D eigenvalue weighted by Crippen LogP contribution is -2.44. The number of phenols is 1. The summed E-state index contributed by atoms with van der Waals surface area (Å²) >= 11 is 0. The van der Waals surface area contributed by atoms with E-state index in [1.165, 1.54) is 5.56 Å². The number of benzene rings is 1. The van der Waals surface area contributed by atoms with Gasteiger partial charge < -0.3 is 14.9 Å². The van der Waals surface area contributed by atoms with Crippen molar-refractivity contribution in [3.8, 4) is 5.75 Å². The van der Waals surface area contributed by atoms with Gasteiger partial charge in [0.2, 0.25) is 0 Å². The molecule has 1 saturated heterocycles. The summed E-state index contributed by atoms with van der Waals surface area (Å²) in [7, 11) is 0. The Labute approximate surface area is 107 Å². The average molecular weight is 246 g/mol. The molecule has 1 N–H and O–H groups in total. The number of hydrogen-bond acceptors (Lipinski definition) is 2. The van der Waals surface area contributed by atoms with Gasteiger partial charge in [-0.3, -0.25) is 0 Å². The van der Waals surface area contributed by atoms with Crippen LogP contribution < -0.4 is 0 Å². The van der Waals surface area contributed by atoms with Gasteiger partial charge in [-0.25, -0.2) is 4.79 Å². The Kier molecular flexibility index (Phi) is 2.86. The Bertz CT molecular complexity index is 467. The fourth-order valence-corrected chi connectivity index (χ4v) is 2.82. The van der Waals surface area contributed by atoms with Gasteiger partial charge in [-0.15, -0.1) is 0 Å². The molecule has 1 aromatic carbocycles. The Balaban J connectivity index is 1.75. The zero-order chi connectivity index (χ0) is 12.5. The minimum atomic E-state index is 0.154. The van der Waals surface area contributed by atoms with Crippen molar-refractivity contribution in [2.24, 2.45) is 0 Å². The van der Waals surface area contributed by atoms with E-state index in [1.54, 1.807) is 12.1 Å². The minimum Gasteiger partial charge on any atom is -0.508 e. The van der Waals surface area contributed by atoms with Crippen molar-refractivity contribution in [1.82, 2.24) is 9.80 Å². The van der Waals surface area contributed by atoms with Crippen LogP contribution in [0.3, 0.4) is 0 Å². The summed E-state index contributed by atoms with van der Waals surface area (Å²) in [5.41, 5.74) is 2.33. The summed E-state index contributed by atoms with van der Waals surface area (Å²) in [4.78, 5) is 16.1. The number of fused-ring (bicyclic) bond motifs is 1. The lowest BCUT2D eigenvalue weighted by molar-refractivity contribution is 0.157. The van der Waals surface area contributed by atoms with E-state index in [9.17, 15) is 9.90 Å². The van der Waals surface area contributed by atoms with E-state index in [0.717, 1.165) is 44.5 Å². The molecule has 2 aliphatic heterocycles. The van der Waals surface area contributed by atoms with Gasteiger partial charge in [-0.05, 0) is 42.5 Å². The van der Waals surface area contributed by atoms with E-state index in [0.29, 0.717) is 6.54 Å². The van der Waals surface area contributed by atoms with Gasteiger partial charge in [-0.1, -0.05) is 6.07 Å².